The highest BCUT2D eigenvalue weighted by Gasteiger charge is 2.11. The van der Waals surface area contributed by atoms with Crippen LogP contribution in [0.5, 0.6) is 5.75 Å². The lowest BCUT2D eigenvalue weighted by Crippen LogP contribution is -2.03. The van der Waals surface area contributed by atoms with E-state index in [-0.39, 0.29) is 11.3 Å². The summed E-state index contributed by atoms with van der Waals surface area (Å²) in [7, 11) is 0. The molecule has 0 bridgehead atoms. The minimum Gasteiger partial charge on any atom is -0.491 e. The van der Waals surface area contributed by atoms with E-state index < -0.39 is 11.8 Å². The highest BCUT2D eigenvalue weighted by atomic mass is 19.1. The molecule has 0 aliphatic carbocycles. The molecule has 2 N–H and O–H groups in total. The topological polar surface area (TPSA) is 58.6 Å². The zero-order valence-electron chi connectivity index (χ0n) is 11.8. The summed E-state index contributed by atoms with van der Waals surface area (Å²) in [5.74, 6) is -1.36. The van der Waals surface area contributed by atoms with E-state index in [4.69, 9.17) is 9.84 Å². The van der Waals surface area contributed by atoms with E-state index in [0.29, 0.717) is 18.0 Å². The maximum absolute atomic E-state index is 13.8. The molecular weight excluding hydrogens is 273 g/mol. The number of nitrogens with one attached hydrogen (secondary N) is 1. The molecule has 4 nitrogen and oxygen atoms in total. The molecule has 0 atom stereocenters. The number of ether oxygens (including phenoxy) is 1. The SMILES string of the molecule is CCOc1ccc(Nc2cc(C)ccc2C(=O)O)cc1F. The first-order valence-electron chi connectivity index (χ1n) is 6.54. The zero-order valence-corrected chi connectivity index (χ0v) is 11.8. The van der Waals surface area contributed by atoms with Crippen LogP contribution in [0.3, 0.4) is 0 Å². The Balaban J connectivity index is 2.32. The summed E-state index contributed by atoms with van der Waals surface area (Å²) in [6, 6.07) is 9.37. The van der Waals surface area contributed by atoms with Crippen LogP contribution in [0, 0.1) is 12.7 Å². The molecule has 110 valence electrons. The molecule has 21 heavy (non-hydrogen) atoms. The van der Waals surface area contributed by atoms with Gasteiger partial charge in [0.2, 0.25) is 0 Å². The third kappa shape index (κ3) is 3.51. The van der Waals surface area contributed by atoms with Gasteiger partial charge in [0.1, 0.15) is 0 Å². The highest BCUT2D eigenvalue weighted by molar-refractivity contribution is 5.95. The standard InChI is InChI=1S/C16H16FNO3/c1-3-21-15-7-5-11(9-13(15)17)18-14-8-10(2)4-6-12(14)16(19)20/h4-9,18H,3H2,1-2H3,(H,19,20). The molecule has 0 spiro atoms. The van der Waals surface area contributed by atoms with E-state index >= 15 is 0 Å². The van der Waals surface area contributed by atoms with Gasteiger partial charge in [-0.1, -0.05) is 6.07 Å². The van der Waals surface area contributed by atoms with Crippen LogP contribution in [-0.4, -0.2) is 17.7 Å². The van der Waals surface area contributed by atoms with Crippen LogP contribution in [0.4, 0.5) is 15.8 Å². The van der Waals surface area contributed by atoms with Gasteiger partial charge in [0.15, 0.2) is 11.6 Å². The Bertz CT molecular complexity index is 671. The van der Waals surface area contributed by atoms with E-state index in [0.717, 1.165) is 5.56 Å². The van der Waals surface area contributed by atoms with E-state index in [1.165, 1.54) is 18.2 Å². The van der Waals surface area contributed by atoms with Gasteiger partial charge in [-0.25, -0.2) is 9.18 Å². The fourth-order valence-corrected chi connectivity index (χ4v) is 1.95. The van der Waals surface area contributed by atoms with Gasteiger partial charge in [0.25, 0.3) is 0 Å². The van der Waals surface area contributed by atoms with Crippen LogP contribution in [0.2, 0.25) is 0 Å². The van der Waals surface area contributed by atoms with Gasteiger partial charge in [0, 0.05) is 11.8 Å². The van der Waals surface area contributed by atoms with Gasteiger partial charge in [0.05, 0.1) is 17.9 Å². The van der Waals surface area contributed by atoms with Gasteiger partial charge in [-0.15, -0.1) is 0 Å². The molecule has 0 amide bonds. The highest BCUT2D eigenvalue weighted by Crippen LogP contribution is 2.26. The lowest BCUT2D eigenvalue weighted by molar-refractivity contribution is 0.0698. The monoisotopic (exact) mass is 289 g/mol. The number of rotatable bonds is 5. The lowest BCUT2D eigenvalue weighted by atomic mass is 10.1. The van der Waals surface area contributed by atoms with Crippen molar-refractivity contribution in [2.24, 2.45) is 0 Å². The fraction of sp³-hybridized carbons (Fsp3) is 0.188. The van der Waals surface area contributed by atoms with Gasteiger partial charge in [-0.2, -0.15) is 0 Å². The zero-order chi connectivity index (χ0) is 15.4. The lowest BCUT2D eigenvalue weighted by Gasteiger charge is -2.12. The molecule has 0 unspecified atom stereocenters. The largest absolute Gasteiger partial charge is 0.491 e. The second-order valence-electron chi connectivity index (χ2n) is 4.56. The van der Waals surface area contributed by atoms with Crippen molar-refractivity contribution in [1.29, 1.82) is 0 Å². The molecule has 2 aromatic carbocycles. The number of benzene rings is 2. The summed E-state index contributed by atoms with van der Waals surface area (Å²) < 4.78 is 18.9. The van der Waals surface area contributed by atoms with Crippen LogP contribution in [0.15, 0.2) is 36.4 Å². The summed E-state index contributed by atoms with van der Waals surface area (Å²) in [6.07, 6.45) is 0. The van der Waals surface area contributed by atoms with E-state index in [1.807, 2.05) is 6.92 Å². The Hall–Kier alpha value is -2.56. The Morgan fingerprint density at radius 3 is 2.67 bits per heavy atom. The number of aryl methyl sites for hydroxylation is 1. The first kappa shape index (κ1) is 14.8. The van der Waals surface area contributed by atoms with Crippen molar-refractivity contribution in [3.63, 3.8) is 0 Å². The van der Waals surface area contributed by atoms with Crippen molar-refractivity contribution >= 4 is 17.3 Å². The summed E-state index contributed by atoms with van der Waals surface area (Å²) >= 11 is 0. The van der Waals surface area contributed by atoms with Crippen molar-refractivity contribution in [2.75, 3.05) is 11.9 Å². The number of carboxylic acids is 1. The normalized spacial score (nSPS) is 10.2. The molecule has 0 aliphatic rings. The summed E-state index contributed by atoms with van der Waals surface area (Å²) in [6.45, 7) is 4.01. The average molecular weight is 289 g/mol. The van der Waals surface area contributed by atoms with E-state index in [9.17, 15) is 9.18 Å². The van der Waals surface area contributed by atoms with Gasteiger partial charge >= 0.3 is 5.97 Å². The van der Waals surface area contributed by atoms with Crippen molar-refractivity contribution in [3.05, 3.63) is 53.3 Å². The molecule has 2 rings (SSSR count). The summed E-state index contributed by atoms with van der Waals surface area (Å²) in [5.41, 5.74) is 1.93. The predicted molar refractivity (Wildman–Crippen MR) is 79.0 cm³/mol. The number of hydrogen-bond acceptors (Lipinski definition) is 3. The third-order valence-corrected chi connectivity index (χ3v) is 2.92. The van der Waals surface area contributed by atoms with Crippen molar-refractivity contribution in [3.8, 4) is 5.75 Å². The maximum Gasteiger partial charge on any atom is 0.337 e. The molecule has 0 radical (unpaired) electrons. The van der Waals surface area contributed by atoms with Crippen molar-refractivity contribution in [2.45, 2.75) is 13.8 Å². The Labute approximate surface area is 122 Å². The molecule has 5 heteroatoms. The molecule has 0 saturated carbocycles. The van der Waals surface area contributed by atoms with Crippen molar-refractivity contribution < 1.29 is 19.0 Å². The summed E-state index contributed by atoms with van der Waals surface area (Å²) in [5, 5.41) is 12.1. The number of hydrogen-bond donors (Lipinski definition) is 2. The van der Waals surface area contributed by atoms with Crippen LogP contribution in [0.1, 0.15) is 22.8 Å². The first-order valence-corrected chi connectivity index (χ1v) is 6.54. The maximum atomic E-state index is 13.8. The molecule has 0 fully saturated rings. The number of halogens is 1. The Morgan fingerprint density at radius 2 is 2.05 bits per heavy atom. The molecule has 0 aromatic heterocycles. The van der Waals surface area contributed by atoms with Crippen LogP contribution in [-0.2, 0) is 0 Å². The fourth-order valence-electron chi connectivity index (χ4n) is 1.95. The number of carbonyl (C=O) groups is 1. The second-order valence-corrected chi connectivity index (χ2v) is 4.56. The quantitative estimate of drug-likeness (QED) is 0.874. The minimum atomic E-state index is -1.04. The predicted octanol–water partition coefficient (Wildman–Crippen LogP) is 3.97. The minimum absolute atomic E-state index is 0.134. The average Bonchev–Trinajstić information content (AvgIpc) is 2.42. The van der Waals surface area contributed by atoms with E-state index in [2.05, 4.69) is 5.32 Å². The van der Waals surface area contributed by atoms with Gasteiger partial charge in [-0.05, 0) is 43.7 Å². The van der Waals surface area contributed by atoms with Crippen LogP contribution in [0.25, 0.3) is 0 Å². The van der Waals surface area contributed by atoms with Crippen molar-refractivity contribution in [1.82, 2.24) is 0 Å². The first-order chi connectivity index (χ1) is 10.0. The summed E-state index contributed by atoms with van der Waals surface area (Å²) in [4.78, 5) is 11.2. The van der Waals surface area contributed by atoms with Crippen LogP contribution < -0.4 is 10.1 Å². The number of carboxylic acid groups (broad SMARTS) is 1. The molecular formula is C16H16FNO3. The molecule has 0 saturated heterocycles. The Morgan fingerprint density at radius 1 is 1.29 bits per heavy atom. The smallest absolute Gasteiger partial charge is 0.337 e. The number of anilines is 2. The second kappa shape index (κ2) is 6.26. The molecule has 0 aliphatic heterocycles. The Kier molecular flexibility index (Phi) is 4.42. The number of aromatic carboxylic acids is 1. The van der Waals surface area contributed by atoms with Crippen LogP contribution >= 0.6 is 0 Å². The van der Waals surface area contributed by atoms with Gasteiger partial charge < -0.3 is 15.2 Å². The van der Waals surface area contributed by atoms with Gasteiger partial charge in [-0.3, -0.25) is 0 Å². The molecule has 0 heterocycles. The van der Waals surface area contributed by atoms with E-state index in [1.54, 1.807) is 25.1 Å². The third-order valence-electron chi connectivity index (χ3n) is 2.92. The molecule has 2 aromatic rings.